The van der Waals surface area contributed by atoms with E-state index in [0.29, 0.717) is 71.0 Å². The molecule has 3 fully saturated rings. The Labute approximate surface area is 197 Å². The largest absolute Gasteiger partial charge is 0.416 e. The fourth-order valence-electron chi connectivity index (χ4n) is 5.76. The van der Waals surface area contributed by atoms with E-state index in [9.17, 15) is 22.8 Å². The lowest BCUT2D eigenvalue weighted by molar-refractivity contribution is -0.138. The van der Waals surface area contributed by atoms with Gasteiger partial charge in [-0.2, -0.15) is 13.2 Å². The Morgan fingerprint density at radius 2 is 1.71 bits per heavy atom. The molecule has 0 saturated carbocycles. The van der Waals surface area contributed by atoms with Crippen LogP contribution in [0.5, 0.6) is 0 Å². The Balaban J connectivity index is 1.38. The van der Waals surface area contributed by atoms with Crippen molar-refractivity contribution in [3.05, 3.63) is 29.3 Å². The maximum Gasteiger partial charge on any atom is 0.416 e. The zero-order valence-electron chi connectivity index (χ0n) is 19.2. The van der Waals surface area contributed by atoms with Crippen LogP contribution in [0.3, 0.4) is 0 Å². The third kappa shape index (κ3) is 4.62. The number of halogens is 3. The van der Waals surface area contributed by atoms with E-state index in [1.807, 2.05) is 9.80 Å². The number of alkyl halides is 3. The lowest BCUT2D eigenvalue weighted by Gasteiger charge is -2.49. The van der Waals surface area contributed by atoms with Gasteiger partial charge in [-0.25, -0.2) is 0 Å². The highest BCUT2D eigenvalue weighted by Gasteiger charge is 2.44. The van der Waals surface area contributed by atoms with Crippen LogP contribution in [0.15, 0.2) is 18.2 Å². The van der Waals surface area contributed by atoms with Crippen LogP contribution in [0.4, 0.5) is 18.9 Å². The van der Waals surface area contributed by atoms with Gasteiger partial charge in [-0.1, -0.05) is 0 Å². The summed E-state index contributed by atoms with van der Waals surface area (Å²) in [5, 5.41) is 0. The molecule has 34 heavy (non-hydrogen) atoms. The molecule has 186 valence electrons. The van der Waals surface area contributed by atoms with E-state index < -0.39 is 17.7 Å². The predicted molar refractivity (Wildman–Crippen MR) is 119 cm³/mol. The quantitative estimate of drug-likeness (QED) is 0.661. The predicted octanol–water partition coefficient (Wildman–Crippen LogP) is 1.85. The number of carbonyl (C=O) groups excluding carboxylic acids is 2. The van der Waals surface area contributed by atoms with Gasteiger partial charge in [-0.05, 0) is 43.0 Å². The molecular weight excluding hydrogens is 449 g/mol. The molecule has 1 aromatic carbocycles. The minimum atomic E-state index is -4.42. The summed E-state index contributed by atoms with van der Waals surface area (Å²) in [5.74, 6) is -0.336. The van der Waals surface area contributed by atoms with Gasteiger partial charge in [-0.3, -0.25) is 14.5 Å². The van der Waals surface area contributed by atoms with Gasteiger partial charge in [0.25, 0.3) is 0 Å². The minimum absolute atomic E-state index is 0.0249. The van der Waals surface area contributed by atoms with E-state index in [1.54, 1.807) is 6.07 Å². The zero-order valence-corrected chi connectivity index (χ0v) is 19.2. The summed E-state index contributed by atoms with van der Waals surface area (Å²) in [5.41, 5.74) is 0.691. The van der Waals surface area contributed by atoms with Gasteiger partial charge in [-0.15, -0.1) is 0 Å². The molecule has 3 saturated heterocycles. The highest BCUT2D eigenvalue weighted by molar-refractivity contribution is 5.83. The van der Waals surface area contributed by atoms with Crippen LogP contribution in [0.25, 0.3) is 0 Å². The SMILES string of the molecule is O=C(CN1CCN2c3ccc(C(F)(F)F)cc3C[C@H](C(=O)N3CCCC3)[C@H]2C1)N1CCOCC1. The van der Waals surface area contributed by atoms with Crippen molar-refractivity contribution in [3.8, 4) is 0 Å². The lowest BCUT2D eigenvalue weighted by atomic mass is 9.82. The summed E-state index contributed by atoms with van der Waals surface area (Å²) in [6.45, 7) is 5.71. The first kappa shape index (κ1) is 23.4. The fraction of sp³-hybridized carbons (Fsp3) is 0.667. The molecule has 10 heteroatoms. The molecule has 0 aromatic heterocycles. The first-order valence-electron chi connectivity index (χ1n) is 12.1. The van der Waals surface area contributed by atoms with Crippen LogP contribution in [0.2, 0.25) is 0 Å². The zero-order chi connectivity index (χ0) is 23.9. The molecule has 7 nitrogen and oxygen atoms in total. The Hall–Kier alpha value is -2.33. The summed E-state index contributed by atoms with van der Waals surface area (Å²) in [4.78, 5) is 34.2. The van der Waals surface area contributed by atoms with E-state index >= 15 is 0 Å². The third-order valence-electron chi connectivity index (χ3n) is 7.58. The lowest BCUT2D eigenvalue weighted by Crippen LogP contribution is -2.62. The molecular formula is C24H31F3N4O3. The van der Waals surface area contributed by atoms with Crippen molar-refractivity contribution in [2.24, 2.45) is 5.92 Å². The number of likely N-dealkylation sites (tertiary alicyclic amines) is 1. The highest BCUT2D eigenvalue weighted by Crippen LogP contribution is 2.40. The van der Waals surface area contributed by atoms with Gasteiger partial charge < -0.3 is 19.4 Å². The number of rotatable bonds is 3. The van der Waals surface area contributed by atoms with Gasteiger partial charge in [0, 0.05) is 51.5 Å². The van der Waals surface area contributed by atoms with Crippen molar-refractivity contribution in [3.63, 3.8) is 0 Å². The average molecular weight is 481 g/mol. The van der Waals surface area contributed by atoms with Crippen LogP contribution in [0, 0.1) is 5.92 Å². The van der Waals surface area contributed by atoms with Gasteiger partial charge in [0.05, 0.1) is 37.3 Å². The summed E-state index contributed by atoms with van der Waals surface area (Å²) in [7, 11) is 0. The minimum Gasteiger partial charge on any atom is -0.378 e. The molecule has 0 N–H and O–H groups in total. The van der Waals surface area contributed by atoms with Crippen molar-refractivity contribution in [1.29, 1.82) is 0 Å². The molecule has 0 bridgehead atoms. The number of morpholine rings is 1. The Morgan fingerprint density at radius 1 is 0.971 bits per heavy atom. The second-order valence-electron chi connectivity index (χ2n) is 9.67. The molecule has 0 aliphatic carbocycles. The molecule has 4 aliphatic rings. The number of fused-ring (bicyclic) bond motifs is 3. The van der Waals surface area contributed by atoms with Gasteiger partial charge in [0.15, 0.2) is 0 Å². The molecule has 2 amide bonds. The smallest absolute Gasteiger partial charge is 0.378 e. The van der Waals surface area contributed by atoms with Crippen molar-refractivity contribution in [1.82, 2.24) is 14.7 Å². The van der Waals surface area contributed by atoms with Crippen LogP contribution < -0.4 is 4.90 Å². The first-order valence-corrected chi connectivity index (χ1v) is 12.1. The van der Waals surface area contributed by atoms with E-state index in [2.05, 4.69) is 9.80 Å². The maximum atomic E-state index is 13.5. The Bertz CT molecular complexity index is 929. The Morgan fingerprint density at radius 3 is 2.41 bits per heavy atom. The van der Waals surface area contributed by atoms with Crippen LogP contribution in [-0.4, -0.2) is 98.1 Å². The van der Waals surface area contributed by atoms with Crippen LogP contribution in [0.1, 0.15) is 24.0 Å². The van der Waals surface area contributed by atoms with Crippen LogP contribution >= 0.6 is 0 Å². The normalized spacial score (nSPS) is 25.8. The molecule has 0 spiro atoms. The van der Waals surface area contributed by atoms with Crippen LogP contribution in [-0.2, 0) is 26.9 Å². The molecule has 1 aromatic rings. The number of hydrogen-bond acceptors (Lipinski definition) is 5. The standard InChI is InChI=1S/C24H31F3N4O3/c25-24(26,27)18-3-4-20-17(13-18)14-19(23(33)30-5-1-2-6-30)21-15-28(7-8-31(20)21)16-22(32)29-9-11-34-12-10-29/h3-4,13,19,21H,1-2,5-12,14-16H2/t19-,21+/m0/s1. The second kappa shape index (κ2) is 9.37. The van der Waals surface area contributed by atoms with Crippen molar-refractivity contribution in [2.75, 3.05) is 70.5 Å². The fourth-order valence-corrected chi connectivity index (χ4v) is 5.76. The molecule has 5 rings (SSSR count). The molecule has 0 unspecified atom stereocenters. The third-order valence-corrected chi connectivity index (χ3v) is 7.58. The maximum absolute atomic E-state index is 13.5. The van der Waals surface area contributed by atoms with E-state index in [0.717, 1.165) is 24.6 Å². The summed E-state index contributed by atoms with van der Waals surface area (Å²) in [6, 6.07) is 3.73. The van der Waals surface area contributed by atoms with E-state index in [1.165, 1.54) is 6.07 Å². The summed E-state index contributed by atoms with van der Waals surface area (Å²) >= 11 is 0. The number of piperazine rings is 1. The summed E-state index contributed by atoms with van der Waals surface area (Å²) in [6.07, 6.45) is -2.20. The van der Waals surface area contributed by atoms with Gasteiger partial charge >= 0.3 is 6.18 Å². The molecule has 4 aliphatic heterocycles. The number of carbonyl (C=O) groups is 2. The number of amides is 2. The van der Waals surface area contributed by atoms with Crippen molar-refractivity contribution >= 4 is 17.5 Å². The average Bonchev–Trinajstić information content (AvgIpc) is 3.37. The Kier molecular flexibility index (Phi) is 6.45. The second-order valence-corrected chi connectivity index (χ2v) is 9.67. The number of nitrogens with zero attached hydrogens (tertiary/aromatic N) is 4. The van der Waals surface area contributed by atoms with E-state index in [-0.39, 0.29) is 24.4 Å². The molecule has 0 radical (unpaired) electrons. The number of anilines is 1. The monoisotopic (exact) mass is 480 g/mol. The topological polar surface area (TPSA) is 56.3 Å². The van der Waals surface area contributed by atoms with Gasteiger partial charge in [0.2, 0.25) is 11.8 Å². The highest BCUT2D eigenvalue weighted by atomic mass is 19.4. The number of ether oxygens (including phenoxy) is 1. The first-order chi connectivity index (χ1) is 16.3. The van der Waals surface area contributed by atoms with E-state index in [4.69, 9.17) is 4.74 Å². The summed E-state index contributed by atoms with van der Waals surface area (Å²) < 4.78 is 45.5. The van der Waals surface area contributed by atoms with Crippen molar-refractivity contribution in [2.45, 2.75) is 31.5 Å². The number of benzene rings is 1. The van der Waals surface area contributed by atoms with Crippen molar-refractivity contribution < 1.29 is 27.5 Å². The molecule has 4 heterocycles. The molecule has 2 atom stereocenters. The number of hydrogen-bond donors (Lipinski definition) is 0. The van der Waals surface area contributed by atoms with Gasteiger partial charge in [0.1, 0.15) is 0 Å².